The second-order valence-electron chi connectivity index (χ2n) is 8.87. The van der Waals surface area contributed by atoms with E-state index in [4.69, 9.17) is 9.47 Å². The molecule has 5 nitrogen and oxygen atoms in total. The van der Waals surface area contributed by atoms with Gasteiger partial charge in [-0.15, -0.1) is 0 Å². The molecule has 0 bridgehead atoms. The van der Waals surface area contributed by atoms with Crippen LogP contribution in [0.1, 0.15) is 55.7 Å². The summed E-state index contributed by atoms with van der Waals surface area (Å²) in [4.78, 5) is 18.9. The SMILES string of the molecule is CCc1cccc2c([C@@H](CC(=O)N3CCC(C)CC3)c3ccc4c(c3)OCO4)c[nH]c12. The molecule has 31 heavy (non-hydrogen) atoms. The molecule has 1 N–H and O–H groups in total. The minimum absolute atomic E-state index is 0.0396. The lowest BCUT2D eigenvalue weighted by atomic mass is 9.86. The van der Waals surface area contributed by atoms with Crippen LogP contribution in [0.2, 0.25) is 0 Å². The van der Waals surface area contributed by atoms with Gasteiger partial charge in [-0.05, 0) is 54.0 Å². The van der Waals surface area contributed by atoms with E-state index in [0.717, 1.165) is 49.4 Å². The van der Waals surface area contributed by atoms with E-state index in [9.17, 15) is 4.79 Å². The minimum Gasteiger partial charge on any atom is -0.454 e. The number of carbonyl (C=O) groups excluding carboxylic acids is 1. The van der Waals surface area contributed by atoms with Gasteiger partial charge in [0.25, 0.3) is 0 Å². The number of H-pyrrole nitrogens is 1. The number of ether oxygens (including phenoxy) is 2. The van der Waals surface area contributed by atoms with Crippen molar-refractivity contribution in [1.29, 1.82) is 0 Å². The van der Waals surface area contributed by atoms with Crippen LogP contribution < -0.4 is 9.47 Å². The third-order valence-corrected chi connectivity index (χ3v) is 6.90. The van der Waals surface area contributed by atoms with Gasteiger partial charge in [-0.3, -0.25) is 4.79 Å². The largest absolute Gasteiger partial charge is 0.454 e. The van der Waals surface area contributed by atoms with Crippen LogP contribution in [-0.2, 0) is 11.2 Å². The smallest absolute Gasteiger partial charge is 0.231 e. The van der Waals surface area contributed by atoms with Crippen LogP contribution in [0.15, 0.2) is 42.6 Å². The molecule has 0 spiro atoms. The Labute approximate surface area is 183 Å². The van der Waals surface area contributed by atoms with E-state index in [0.29, 0.717) is 12.3 Å². The van der Waals surface area contributed by atoms with Gasteiger partial charge in [0.2, 0.25) is 12.7 Å². The number of benzene rings is 2. The molecular formula is C26H30N2O3. The Balaban J connectivity index is 1.53. The summed E-state index contributed by atoms with van der Waals surface area (Å²) < 4.78 is 11.1. The number of aromatic nitrogens is 1. The van der Waals surface area contributed by atoms with Gasteiger partial charge in [0.1, 0.15) is 0 Å². The minimum atomic E-state index is -0.0396. The molecular weight excluding hydrogens is 388 g/mol. The van der Waals surface area contributed by atoms with E-state index in [1.807, 2.05) is 17.0 Å². The van der Waals surface area contributed by atoms with Crippen LogP contribution in [0.5, 0.6) is 11.5 Å². The molecule has 0 unspecified atom stereocenters. The predicted molar refractivity (Wildman–Crippen MR) is 122 cm³/mol. The second-order valence-corrected chi connectivity index (χ2v) is 8.87. The standard InChI is InChI=1S/C26H30N2O3/c1-3-18-5-4-6-20-22(15-27-26(18)20)21(14-25(29)28-11-9-17(2)10-12-28)19-7-8-23-24(13-19)31-16-30-23/h4-8,13,15,17,21,27H,3,9-12,14,16H2,1-2H3/t21-/m0/s1. The molecule has 1 saturated heterocycles. The zero-order valence-electron chi connectivity index (χ0n) is 18.3. The molecule has 2 aliphatic heterocycles. The fourth-order valence-electron chi connectivity index (χ4n) is 4.92. The maximum Gasteiger partial charge on any atom is 0.231 e. The Morgan fingerprint density at radius 3 is 2.77 bits per heavy atom. The first-order valence-corrected chi connectivity index (χ1v) is 11.4. The van der Waals surface area contributed by atoms with Crippen molar-refractivity contribution in [1.82, 2.24) is 9.88 Å². The van der Waals surface area contributed by atoms with Gasteiger partial charge in [-0.25, -0.2) is 0 Å². The summed E-state index contributed by atoms with van der Waals surface area (Å²) in [7, 11) is 0. The van der Waals surface area contributed by atoms with Gasteiger partial charge in [-0.2, -0.15) is 0 Å². The van der Waals surface area contributed by atoms with E-state index in [2.05, 4.69) is 49.3 Å². The summed E-state index contributed by atoms with van der Waals surface area (Å²) in [5, 5.41) is 1.20. The molecule has 0 saturated carbocycles. The van der Waals surface area contributed by atoms with Crippen molar-refractivity contribution in [3.63, 3.8) is 0 Å². The fourth-order valence-corrected chi connectivity index (χ4v) is 4.92. The average molecular weight is 419 g/mol. The molecule has 162 valence electrons. The number of nitrogens with one attached hydrogen (secondary N) is 1. The summed E-state index contributed by atoms with van der Waals surface area (Å²) in [5.74, 6) is 2.43. The van der Waals surface area contributed by atoms with E-state index >= 15 is 0 Å². The quantitative estimate of drug-likeness (QED) is 0.616. The number of fused-ring (bicyclic) bond motifs is 2. The van der Waals surface area contributed by atoms with Gasteiger partial charge >= 0.3 is 0 Å². The van der Waals surface area contributed by atoms with Gasteiger partial charge < -0.3 is 19.4 Å². The van der Waals surface area contributed by atoms with Crippen LogP contribution in [0, 0.1) is 5.92 Å². The maximum absolute atomic E-state index is 13.3. The Morgan fingerprint density at radius 1 is 1.16 bits per heavy atom. The van der Waals surface area contributed by atoms with Gasteiger partial charge in [0, 0.05) is 42.5 Å². The number of nitrogens with zero attached hydrogens (tertiary/aromatic N) is 1. The molecule has 1 amide bonds. The molecule has 2 aromatic carbocycles. The molecule has 3 heterocycles. The topological polar surface area (TPSA) is 54.6 Å². The van der Waals surface area contributed by atoms with Crippen molar-refractivity contribution in [2.24, 2.45) is 5.92 Å². The summed E-state index contributed by atoms with van der Waals surface area (Å²) in [6.45, 7) is 6.42. The van der Waals surface area contributed by atoms with Crippen molar-refractivity contribution in [2.45, 2.75) is 45.4 Å². The highest BCUT2D eigenvalue weighted by Gasteiger charge is 2.28. The zero-order valence-corrected chi connectivity index (χ0v) is 18.3. The first kappa shape index (κ1) is 20.0. The third kappa shape index (κ3) is 3.78. The van der Waals surface area contributed by atoms with Crippen LogP contribution >= 0.6 is 0 Å². The molecule has 5 heteroatoms. The molecule has 1 atom stereocenters. The number of aryl methyl sites for hydroxylation is 1. The second kappa shape index (κ2) is 8.29. The van der Waals surface area contributed by atoms with E-state index in [1.165, 1.54) is 22.0 Å². The van der Waals surface area contributed by atoms with Crippen molar-refractivity contribution >= 4 is 16.8 Å². The van der Waals surface area contributed by atoms with Gasteiger partial charge in [-0.1, -0.05) is 38.1 Å². The monoisotopic (exact) mass is 418 g/mol. The number of carbonyl (C=O) groups is 1. The van der Waals surface area contributed by atoms with E-state index < -0.39 is 0 Å². The number of aromatic amines is 1. The number of amides is 1. The summed E-state index contributed by atoms with van der Waals surface area (Å²) in [6.07, 6.45) is 5.69. The number of rotatable bonds is 5. The highest BCUT2D eigenvalue weighted by molar-refractivity contribution is 5.88. The molecule has 5 rings (SSSR count). The highest BCUT2D eigenvalue weighted by atomic mass is 16.7. The third-order valence-electron chi connectivity index (χ3n) is 6.90. The zero-order chi connectivity index (χ0) is 21.4. The predicted octanol–water partition coefficient (Wildman–Crippen LogP) is 5.24. The molecule has 1 aromatic heterocycles. The van der Waals surface area contributed by atoms with Crippen LogP contribution in [0.25, 0.3) is 10.9 Å². The Morgan fingerprint density at radius 2 is 1.97 bits per heavy atom. The maximum atomic E-state index is 13.3. The lowest BCUT2D eigenvalue weighted by Gasteiger charge is -2.31. The van der Waals surface area contributed by atoms with Gasteiger partial charge in [0.05, 0.1) is 0 Å². The van der Waals surface area contributed by atoms with E-state index in [-0.39, 0.29) is 18.6 Å². The number of likely N-dealkylation sites (tertiary alicyclic amines) is 1. The van der Waals surface area contributed by atoms with E-state index in [1.54, 1.807) is 0 Å². The Hall–Kier alpha value is -2.95. The number of piperidine rings is 1. The summed E-state index contributed by atoms with van der Waals surface area (Å²) >= 11 is 0. The molecule has 3 aromatic rings. The lowest BCUT2D eigenvalue weighted by Crippen LogP contribution is -2.38. The molecule has 0 radical (unpaired) electrons. The van der Waals surface area contributed by atoms with Crippen LogP contribution in [0.3, 0.4) is 0 Å². The van der Waals surface area contributed by atoms with Crippen molar-refractivity contribution < 1.29 is 14.3 Å². The first-order chi connectivity index (χ1) is 15.1. The Bertz CT molecular complexity index is 1100. The lowest BCUT2D eigenvalue weighted by molar-refractivity contribution is -0.132. The molecule has 2 aliphatic rings. The highest BCUT2D eigenvalue weighted by Crippen LogP contribution is 2.40. The number of para-hydroxylation sites is 1. The summed E-state index contributed by atoms with van der Waals surface area (Å²) in [6, 6.07) is 12.5. The molecule has 1 fully saturated rings. The average Bonchev–Trinajstić information content (AvgIpc) is 3.44. The normalized spacial score (nSPS) is 17.3. The van der Waals surface area contributed by atoms with Crippen LogP contribution in [-0.4, -0.2) is 35.7 Å². The van der Waals surface area contributed by atoms with Crippen molar-refractivity contribution in [2.75, 3.05) is 19.9 Å². The van der Waals surface area contributed by atoms with Crippen molar-refractivity contribution in [3.05, 3.63) is 59.3 Å². The summed E-state index contributed by atoms with van der Waals surface area (Å²) in [5.41, 5.74) is 4.73. The fraction of sp³-hybridized carbons (Fsp3) is 0.423. The molecule has 0 aliphatic carbocycles. The van der Waals surface area contributed by atoms with Crippen LogP contribution in [0.4, 0.5) is 0 Å². The van der Waals surface area contributed by atoms with Gasteiger partial charge in [0.15, 0.2) is 11.5 Å². The van der Waals surface area contributed by atoms with Crippen molar-refractivity contribution in [3.8, 4) is 11.5 Å². The Kier molecular flexibility index (Phi) is 5.34. The number of hydrogen-bond acceptors (Lipinski definition) is 3. The number of hydrogen-bond donors (Lipinski definition) is 1. The first-order valence-electron chi connectivity index (χ1n) is 11.4.